The number of hydrogen-bond donors (Lipinski definition) is 0. The standard InChI is InChI=1S/C8H7BClF3N3O2S.K/c1-5-6(4-19(10,17)18)2-7(9(11,12)13)3-8(5)15-16-14;/h2-3H,4H2,1H3;/q-1;+1. The molecule has 0 aliphatic rings. The number of halogens is 4. The molecule has 0 aliphatic carbocycles. The first kappa shape index (κ1) is 20.3. The zero-order valence-corrected chi connectivity index (χ0v) is 15.2. The van der Waals surface area contributed by atoms with E-state index >= 15 is 0 Å². The molecule has 12 heteroatoms. The maximum Gasteiger partial charge on any atom is 1.00 e. The minimum atomic E-state index is -5.34. The van der Waals surface area contributed by atoms with Crippen molar-refractivity contribution in [2.45, 2.75) is 12.7 Å². The third-order valence-corrected chi connectivity index (χ3v) is 3.35. The van der Waals surface area contributed by atoms with Crippen LogP contribution in [0.1, 0.15) is 11.1 Å². The van der Waals surface area contributed by atoms with Crippen LogP contribution in [0.4, 0.5) is 18.6 Å². The van der Waals surface area contributed by atoms with Gasteiger partial charge in [-0.3, -0.25) is 0 Å². The van der Waals surface area contributed by atoms with Crippen molar-refractivity contribution in [1.82, 2.24) is 0 Å². The van der Waals surface area contributed by atoms with Crippen molar-refractivity contribution in [1.29, 1.82) is 0 Å². The van der Waals surface area contributed by atoms with Gasteiger partial charge in [0.1, 0.15) is 0 Å². The van der Waals surface area contributed by atoms with Gasteiger partial charge in [-0.05, 0) is 23.6 Å². The molecule has 1 aromatic carbocycles. The summed E-state index contributed by atoms with van der Waals surface area (Å²) in [6.45, 7) is -3.98. The fraction of sp³-hybridized carbons (Fsp3) is 0.250. The third-order valence-electron chi connectivity index (χ3n) is 2.37. The molecule has 0 aromatic heterocycles. The summed E-state index contributed by atoms with van der Waals surface area (Å²) in [7, 11) is 1.01. The Kier molecular flexibility index (Phi) is 7.60. The van der Waals surface area contributed by atoms with Crippen LogP contribution in [0.25, 0.3) is 10.4 Å². The van der Waals surface area contributed by atoms with Gasteiger partial charge >= 0.3 is 58.4 Å². The van der Waals surface area contributed by atoms with Crippen LogP contribution in [0, 0.1) is 6.92 Å². The van der Waals surface area contributed by atoms with Gasteiger partial charge in [-0.1, -0.05) is 17.2 Å². The van der Waals surface area contributed by atoms with Gasteiger partial charge in [-0.2, -0.15) is 0 Å². The van der Waals surface area contributed by atoms with Crippen molar-refractivity contribution in [3.63, 3.8) is 0 Å². The van der Waals surface area contributed by atoms with Gasteiger partial charge in [0.05, 0.1) is 5.75 Å². The first-order chi connectivity index (χ1) is 8.54. The molecule has 0 heterocycles. The predicted molar refractivity (Wildman–Crippen MR) is 67.2 cm³/mol. The second-order valence-electron chi connectivity index (χ2n) is 3.77. The minimum Gasteiger partial charge on any atom is -0.445 e. The van der Waals surface area contributed by atoms with Crippen LogP contribution >= 0.6 is 10.7 Å². The average Bonchev–Trinajstić information content (AvgIpc) is 2.20. The molecule has 1 aromatic rings. The van der Waals surface area contributed by atoms with E-state index in [2.05, 4.69) is 10.0 Å². The number of hydrogen-bond acceptors (Lipinski definition) is 3. The molecular formula is C8H7BClF3KN3O2S. The second kappa shape index (κ2) is 7.50. The molecule has 0 radical (unpaired) electrons. The first-order valence-corrected chi connectivity index (χ1v) is 7.33. The van der Waals surface area contributed by atoms with E-state index in [-0.39, 0.29) is 68.2 Å². The Labute approximate surface area is 160 Å². The minimum absolute atomic E-state index is 0. The number of benzene rings is 1. The number of rotatable bonds is 4. The smallest absolute Gasteiger partial charge is 0.445 e. The molecule has 20 heavy (non-hydrogen) atoms. The Morgan fingerprint density at radius 1 is 1.40 bits per heavy atom. The van der Waals surface area contributed by atoms with E-state index in [1.807, 2.05) is 0 Å². The van der Waals surface area contributed by atoms with Crippen molar-refractivity contribution in [2.24, 2.45) is 5.11 Å². The summed E-state index contributed by atoms with van der Waals surface area (Å²) >= 11 is 0. The van der Waals surface area contributed by atoms with Crippen LogP contribution in [0.2, 0.25) is 0 Å². The zero-order valence-electron chi connectivity index (χ0n) is 10.5. The Balaban J connectivity index is 0.00000361. The predicted octanol–water partition coefficient (Wildman–Crippen LogP) is 0.0638. The molecular weight excluding hydrogens is 345 g/mol. The maximum absolute atomic E-state index is 12.7. The van der Waals surface area contributed by atoms with Gasteiger partial charge < -0.3 is 12.9 Å². The molecule has 104 valence electrons. The van der Waals surface area contributed by atoms with E-state index in [4.69, 9.17) is 16.2 Å². The largest absolute Gasteiger partial charge is 1.00 e. The van der Waals surface area contributed by atoms with Gasteiger partial charge in [-0.25, -0.2) is 8.42 Å². The number of azide groups is 1. The van der Waals surface area contributed by atoms with Crippen LogP contribution in [0.5, 0.6) is 0 Å². The Morgan fingerprint density at radius 3 is 2.35 bits per heavy atom. The van der Waals surface area contributed by atoms with Gasteiger partial charge in [0.25, 0.3) is 0 Å². The Bertz CT molecular complexity index is 662. The van der Waals surface area contributed by atoms with Crippen LogP contribution in [-0.4, -0.2) is 15.4 Å². The van der Waals surface area contributed by atoms with Gasteiger partial charge in [0.2, 0.25) is 9.05 Å². The van der Waals surface area contributed by atoms with E-state index in [1.165, 1.54) is 6.92 Å². The zero-order chi connectivity index (χ0) is 14.8. The second-order valence-corrected chi connectivity index (χ2v) is 6.55. The average molecular weight is 352 g/mol. The fourth-order valence-corrected chi connectivity index (χ4v) is 2.48. The molecule has 0 amide bonds. The quantitative estimate of drug-likeness (QED) is 0.253. The number of nitrogens with zero attached hydrogens (tertiary/aromatic N) is 3. The van der Waals surface area contributed by atoms with Crippen molar-refractivity contribution in [2.75, 3.05) is 0 Å². The van der Waals surface area contributed by atoms with Crippen LogP contribution in [0.15, 0.2) is 17.2 Å². The van der Waals surface area contributed by atoms with Crippen molar-refractivity contribution >= 4 is 37.9 Å². The first-order valence-electron chi connectivity index (χ1n) is 4.85. The van der Waals surface area contributed by atoms with E-state index in [0.29, 0.717) is 12.1 Å². The third kappa shape index (κ3) is 5.94. The van der Waals surface area contributed by atoms with Crippen molar-refractivity contribution in [3.8, 4) is 0 Å². The monoisotopic (exact) mass is 351 g/mol. The van der Waals surface area contributed by atoms with Crippen LogP contribution < -0.4 is 56.8 Å². The van der Waals surface area contributed by atoms with Crippen LogP contribution in [0.3, 0.4) is 0 Å². The summed E-state index contributed by atoms with van der Waals surface area (Å²) in [4.78, 5) is 2.41. The molecule has 0 aliphatic heterocycles. The molecule has 0 saturated carbocycles. The molecule has 0 N–H and O–H groups in total. The molecule has 5 nitrogen and oxygen atoms in total. The van der Waals surface area contributed by atoms with Crippen molar-refractivity contribution < 1.29 is 72.7 Å². The molecule has 0 bridgehead atoms. The van der Waals surface area contributed by atoms with E-state index < -0.39 is 27.2 Å². The Hall–Kier alpha value is 0.261. The molecule has 0 unspecified atom stereocenters. The van der Waals surface area contributed by atoms with Gasteiger partial charge in [-0.15, -0.1) is 5.46 Å². The van der Waals surface area contributed by atoms with E-state index in [9.17, 15) is 21.4 Å². The summed E-state index contributed by atoms with van der Waals surface area (Å²) in [6, 6.07) is 1.38. The Morgan fingerprint density at radius 2 is 1.95 bits per heavy atom. The van der Waals surface area contributed by atoms with E-state index in [1.54, 1.807) is 0 Å². The molecule has 0 atom stereocenters. The van der Waals surface area contributed by atoms with Gasteiger partial charge in [0, 0.05) is 21.3 Å². The molecule has 0 saturated heterocycles. The summed E-state index contributed by atoms with van der Waals surface area (Å²) < 4.78 is 60.0. The molecule has 0 spiro atoms. The topological polar surface area (TPSA) is 82.9 Å². The normalized spacial score (nSPS) is 11.4. The fourth-order valence-electron chi connectivity index (χ4n) is 1.46. The molecule has 1 rings (SSSR count). The van der Waals surface area contributed by atoms with Gasteiger partial charge in [0.15, 0.2) is 0 Å². The summed E-state index contributed by atoms with van der Waals surface area (Å²) in [5, 5.41) is 3.12. The van der Waals surface area contributed by atoms with Crippen LogP contribution in [-0.2, 0) is 14.8 Å². The maximum atomic E-state index is 12.7. The SMILES string of the molecule is Cc1c(CS(=O)(=O)Cl)cc([B-](F)(F)F)cc1N=[N+]=[N-].[K+]. The summed E-state index contributed by atoms with van der Waals surface area (Å²) in [5.74, 6) is -0.770. The molecule has 0 fully saturated rings. The van der Waals surface area contributed by atoms with Crippen molar-refractivity contribution in [3.05, 3.63) is 33.7 Å². The summed E-state index contributed by atoms with van der Waals surface area (Å²) in [5.41, 5.74) is 6.99. The summed E-state index contributed by atoms with van der Waals surface area (Å²) in [6.07, 6.45) is 0. The van der Waals surface area contributed by atoms with E-state index in [0.717, 1.165) is 0 Å².